The molecule has 4 nitrogen and oxygen atoms in total. The van der Waals surface area contributed by atoms with E-state index in [1.54, 1.807) is 18.2 Å². The Balaban J connectivity index is 2.68. The SMILES string of the molecule is N#Cc1ccc(NC(=O)CCCO)c(Br)c1. The molecule has 1 rings (SSSR count). The number of hydrogen-bond donors (Lipinski definition) is 2. The van der Waals surface area contributed by atoms with E-state index in [0.717, 1.165) is 0 Å². The average molecular weight is 283 g/mol. The lowest BCUT2D eigenvalue weighted by atomic mass is 10.2. The number of aliphatic hydroxyl groups excluding tert-OH is 1. The van der Waals surface area contributed by atoms with E-state index in [2.05, 4.69) is 21.2 Å². The molecule has 0 fully saturated rings. The van der Waals surface area contributed by atoms with Crippen molar-refractivity contribution in [3.05, 3.63) is 28.2 Å². The Morgan fingerprint density at radius 3 is 2.88 bits per heavy atom. The van der Waals surface area contributed by atoms with E-state index >= 15 is 0 Å². The monoisotopic (exact) mass is 282 g/mol. The first-order valence-electron chi connectivity index (χ1n) is 4.77. The van der Waals surface area contributed by atoms with Crippen LogP contribution in [0.3, 0.4) is 0 Å². The number of rotatable bonds is 4. The topological polar surface area (TPSA) is 73.1 Å². The molecule has 1 aromatic rings. The van der Waals surface area contributed by atoms with Gasteiger partial charge in [-0.1, -0.05) is 0 Å². The van der Waals surface area contributed by atoms with Crippen molar-refractivity contribution < 1.29 is 9.90 Å². The molecule has 0 saturated carbocycles. The lowest BCUT2D eigenvalue weighted by Gasteiger charge is -2.06. The number of aliphatic hydroxyl groups is 1. The zero-order chi connectivity index (χ0) is 12.0. The molecule has 0 saturated heterocycles. The zero-order valence-corrected chi connectivity index (χ0v) is 10.1. The predicted octanol–water partition coefficient (Wildman–Crippen LogP) is 2.03. The molecule has 0 aliphatic carbocycles. The van der Waals surface area contributed by atoms with Crippen molar-refractivity contribution in [2.24, 2.45) is 0 Å². The van der Waals surface area contributed by atoms with E-state index in [1.807, 2.05) is 6.07 Å². The number of amides is 1. The first kappa shape index (κ1) is 12.7. The number of nitrogens with zero attached hydrogens (tertiary/aromatic N) is 1. The number of nitriles is 1. The van der Waals surface area contributed by atoms with Gasteiger partial charge >= 0.3 is 0 Å². The molecule has 0 bridgehead atoms. The highest BCUT2D eigenvalue weighted by atomic mass is 79.9. The van der Waals surface area contributed by atoms with Crippen molar-refractivity contribution in [2.45, 2.75) is 12.8 Å². The standard InChI is InChI=1S/C11H11BrN2O2/c12-9-6-8(7-13)3-4-10(9)14-11(16)2-1-5-15/h3-4,6,15H,1-2,5H2,(H,14,16). The van der Waals surface area contributed by atoms with Crippen molar-refractivity contribution in [1.29, 1.82) is 5.26 Å². The fraction of sp³-hybridized carbons (Fsp3) is 0.273. The van der Waals surface area contributed by atoms with Gasteiger partial charge in [0.15, 0.2) is 0 Å². The van der Waals surface area contributed by atoms with E-state index in [1.165, 1.54) is 0 Å². The van der Waals surface area contributed by atoms with Gasteiger partial charge in [-0.3, -0.25) is 4.79 Å². The van der Waals surface area contributed by atoms with E-state index in [-0.39, 0.29) is 18.9 Å². The number of hydrogen-bond acceptors (Lipinski definition) is 3. The number of benzene rings is 1. The quantitative estimate of drug-likeness (QED) is 0.888. The summed E-state index contributed by atoms with van der Waals surface area (Å²) >= 11 is 3.27. The number of anilines is 1. The van der Waals surface area contributed by atoms with Crippen molar-refractivity contribution in [3.63, 3.8) is 0 Å². The first-order chi connectivity index (χ1) is 7.67. The Morgan fingerprint density at radius 1 is 1.56 bits per heavy atom. The summed E-state index contributed by atoms with van der Waals surface area (Å²) in [5.74, 6) is -0.153. The highest BCUT2D eigenvalue weighted by Crippen LogP contribution is 2.23. The number of carbonyl (C=O) groups is 1. The molecule has 16 heavy (non-hydrogen) atoms. The third-order valence-corrected chi connectivity index (χ3v) is 2.59. The van der Waals surface area contributed by atoms with Gasteiger partial charge in [0.25, 0.3) is 0 Å². The minimum absolute atomic E-state index is 0.00194. The van der Waals surface area contributed by atoms with E-state index in [0.29, 0.717) is 22.1 Å². The van der Waals surface area contributed by atoms with Crippen molar-refractivity contribution in [1.82, 2.24) is 0 Å². The third kappa shape index (κ3) is 3.65. The van der Waals surface area contributed by atoms with Crippen LogP contribution in [0.25, 0.3) is 0 Å². The molecule has 0 unspecified atom stereocenters. The summed E-state index contributed by atoms with van der Waals surface area (Å²) in [5, 5.41) is 19.9. The summed E-state index contributed by atoms with van der Waals surface area (Å²) in [7, 11) is 0. The van der Waals surface area contributed by atoms with Gasteiger partial charge in [-0.15, -0.1) is 0 Å². The van der Waals surface area contributed by atoms with Gasteiger partial charge in [0.1, 0.15) is 0 Å². The molecule has 0 atom stereocenters. The largest absolute Gasteiger partial charge is 0.396 e. The molecule has 0 aliphatic rings. The van der Waals surface area contributed by atoms with Crippen LogP contribution in [-0.2, 0) is 4.79 Å². The lowest BCUT2D eigenvalue weighted by Crippen LogP contribution is -2.12. The molecule has 1 aromatic carbocycles. The molecule has 0 heterocycles. The molecule has 0 aromatic heterocycles. The van der Waals surface area contributed by atoms with Crippen LogP contribution in [0.4, 0.5) is 5.69 Å². The fourth-order valence-electron chi connectivity index (χ4n) is 1.14. The molecule has 84 valence electrons. The second-order valence-electron chi connectivity index (χ2n) is 3.18. The van der Waals surface area contributed by atoms with Crippen molar-refractivity contribution >= 4 is 27.5 Å². The maximum Gasteiger partial charge on any atom is 0.224 e. The number of halogens is 1. The summed E-state index contributed by atoms with van der Waals surface area (Å²) in [6, 6.07) is 6.94. The Labute approximate surface area is 102 Å². The van der Waals surface area contributed by atoms with Crippen molar-refractivity contribution in [3.8, 4) is 6.07 Å². The number of carbonyl (C=O) groups excluding carboxylic acids is 1. The van der Waals surface area contributed by atoms with E-state index in [4.69, 9.17) is 10.4 Å². The van der Waals surface area contributed by atoms with Gasteiger partial charge in [-0.25, -0.2) is 0 Å². The van der Waals surface area contributed by atoms with Crippen LogP contribution in [0.15, 0.2) is 22.7 Å². The zero-order valence-electron chi connectivity index (χ0n) is 8.53. The summed E-state index contributed by atoms with van der Waals surface area (Å²) < 4.78 is 0.670. The molecular weight excluding hydrogens is 272 g/mol. The van der Waals surface area contributed by atoms with Crippen LogP contribution in [0.1, 0.15) is 18.4 Å². The number of nitrogens with one attached hydrogen (secondary N) is 1. The van der Waals surface area contributed by atoms with E-state index in [9.17, 15) is 4.79 Å². The molecule has 2 N–H and O–H groups in total. The Kier molecular flexibility index (Phi) is 4.96. The molecule has 0 aliphatic heterocycles. The highest BCUT2D eigenvalue weighted by molar-refractivity contribution is 9.10. The van der Waals surface area contributed by atoms with Crippen LogP contribution in [0.5, 0.6) is 0 Å². The van der Waals surface area contributed by atoms with Crippen molar-refractivity contribution in [2.75, 3.05) is 11.9 Å². The molecule has 0 spiro atoms. The molecule has 0 radical (unpaired) electrons. The highest BCUT2D eigenvalue weighted by Gasteiger charge is 2.05. The predicted molar refractivity (Wildman–Crippen MR) is 63.8 cm³/mol. The van der Waals surface area contributed by atoms with Gasteiger partial charge < -0.3 is 10.4 Å². The third-order valence-electron chi connectivity index (χ3n) is 1.93. The summed E-state index contributed by atoms with van der Waals surface area (Å²) in [6.45, 7) is 0.00194. The Morgan fingerprint density at radius 2 is 2.31 bits per heavy atom. The molecular formula is C11H11BrN2O2. The van der Waals surface area contributed by atoms with Crippen LogP contribution < -0.4 is 5.32 Å². The summed E-state index contributed by atoms with van der Waals surface area (Å²) in [5.41, 5.74) is 1.15. The minimum atomic E-state index is -0.153. The second-order valence-corrected chi connectivity index (χ2v) is 4.04. The van der Waals surface area contributed by atoms with Crippen LogP contribution >= 0.6 is 15.9 Å². The van der Waals surface area contributed by atoms with Gasteiger partial charge in [0.05, 0.1) is 17.3 Å². The fourth-order valence-corrected chi connectivity index (χ4v) is 1.62. The van der Waals surface area contributed by atoms with Crippen LogP contribution in [0.2, 0.25) is 0 Å². The van der Waals surface area contributed by atoms with E-state index < -0.39 is 0 Å². The Hall–Kier alpha value is -1.38. The maximum atomic E-state index is 11.4. The lowest BCUT2D eigenvalue weighted by molar-refractivity contribution is -0.116. The summed E-state index contributed by atoms with van der Waals surface area (Å²) in [6.07, 6.45) is 0.725. The van der Waals surface area contributed by atoms with Crippen LogP contribution in [0, 0.1) is 11.3 Å². The Bertz CT molecular complexity index is 426. The van der Waals surface area contributed by atoms with Crippen LogP contribution in [-0.4, -0.2) is 17.6 Å². The molecule has 1 amide bonds. The smallest absolute Gasteiger partial charge is 0.224 e. The van der Waals surface area contributed by atoms with Gasteiger partial charge in [0.2, 0.25) is 5.91 Å². The minimum Gasteiger partial charge on any atom is -0.396 e. The normalized spacial score (nSPS) is 9.56. The maximum absolute atomic E-state index is 11.4. The average Bonchev–Trinajstić information content (AvgIpc) is 2.29. The van der Waals surface area contributed by atoms with Gasteiger partial charge in [-0.2, -0.15) is 5.26 Å². The van der Waals surface area contributed by atoms with Gasteiger partial charge in [0, 0.05) is 17.5 Å². The molecule has 5 heteroatoms. The second kappa shape index (κ2) is 6.26. The van der Waals surface area contributed by atoms with Gasteiger partial charge in [-0.05, 0) is 40.5 Å². The summed E-state index contributed by atoms with van der Waals surface area (Å²) in [4.78, 5) is 11.4. The first-order valence-corrected chi connectivity index (χ1v) is 5.57.